The molecule has 7 nitrogen and oxygen atoms in total. The number of rotatable bonds is 9. The maximum Gasteiger partial charge on any atom is 0.264 e. The molecule has 1 aromatic heterocycles. The third-order valence-corrected chi connectivity index (χ3v) is 7.54. The number of aromatic nitrogens is 2. The van der Waals surface area contributed by atoms with Gasteiger partial charge < -0.3 is 0 Å². The third-order valence-electron chi connectivity index (χ3n) is 4.91. The minimum Gasteiger partial charge on any atom is -0.296 e. The monoisotopic (exact) mass is 490 g/mol. The van der Waals surface area contributed by atoms with E-state index in [2.05, 4.69) is 22.1 Å². The number of hydrogen-bond donors (Lipinski definition) is 1. The second-order valence-corrected chi connectivity index (χ2v) is 10.2. The highest BCUT2D eigenvalue weighted by molar-refractivity contribution is 7.92. The molecule has 1 N–H and O–H groups in total. The summed E-state index contributed by atoms with van der Waals surface area (Å²) in [5, 5.41) is 12.0. The number of carbonyl (C=O) groups is 1. The van der Waals surface area contributed by atoms with Crippen LogP contribution in [-0.2, 0) is 16.4 Å². The molecule has 0 aliphatic carbocycles. The van der Waals surface area contributed by atoms with Gasteiger partial charge in [0.25, 0.3) is 15.9 Å². The third kappa shape index (κ3) is 5.38. The van der Waals surface area contributed by atoms with E-state index in [1.165, 1.54) is 33.9 Å². The fourth-order valence-electron chi connectivity index (χ4n) is 3.29. The summed E-state index contributed by atoms with van der Waals surface area (Å²) in [6, 6.07) is 24.5. The number of nitrogens with zero attached hydrogens (tertiary/aromatic N) is 3. The van der Waals surface area contributed by atoms with Crippen LogP contribution in [0.1, 0.15) is 20.9 Å². The molecule has 0 aliphatic heterocycles. The second kappa shape index (κ2) is 10.4. The molecule has 3 aromatic carbocycles. The van der Waals surface area contributed by atoms with Crippen LogP contribution in [0.3, 0.4) is 0 Å². The number of nitrogens with one attached hydrogen (secondary N) is 1. The normalized spacial score (nSPS) is 11.1. The number of benzene rings is 3. The fraction of sp³-hybridized carbons (Fsp3) is 0.0800. The second-order valence-electron chi connectivity index (χ2n) is 7.31. The van der Waals surface area contributed by atoms with Gasteiger partial charge in [0.15, 0.2) is 0 Å². The smallest absolute Gasteiger partial charge is 0.264 e. The molecular formula is C25H22N4O3S2. The lowest BCUT2D eigenvalue weighted by atomic mass is 10.2. The Bertz CT molecular complexity index is 1390. The highest BCUT2D eigenvalue weighted by Gasteiger charge is 2.25. The fourth-order valence-corrected chi connectivity index (χ4v) is 5.55. The first-order valence-electron chi connectivity index (χ1n) is 10.4. The summed E-state index contributed by atoms with van der Waals surface area (Å²) in [5.41, 5.74) is 1.81. The molecule has 1 amide bonds. The van der Waals surface area contributed by atoms with E-state index in [-0.39, 0.29) is 17.0 Å². The van der Waals surface area contributed by atoms with Gasteiger partial charge in [-0.25, -0.2) is 8.42 Å². The van der Waals surface area contributed by atoms with Crippen LogP contribution in [0.5, 0.6) is 0 Å². The maximum absolute atomic E-state index is 13.4. The predicted octanol–water partition coefficient (Wildman–Crippen LogP) is 4.76. The van der Waals surface area contributed by atoms with Crippen LogP contribution in [0.15, 0.2) is 102 Å². The highest BCUT2D eigenvalue weighted by Crippen LogP contribution is 2.25. The minimum atomic E-state index is -3.92. The van der Waals surface area contributed by atoms with Crippen molar-refractivity contribution < 1.29 is 13.2 Å². The van der Waals surface area contributed by atoms with Crippen molar-refractivity contribution in [3.63, 3.8) is 0 Å². The lowest BCUT2D eigenvalue weighted by molar-refractivity contribution is 0.102. The van der Waals surface area contributed by atoms with Gasteiger partial charge in [0.2, 0.25) is 5.13 Å². The van der Waals surface area contributed by atoms with Crippen molar-refractivity contribution in [3.05, 3.63) is 114 Å². The lowest BCUT2D eigenvalue weighted by Gasteiger charge is -2.23. The first-order valence-corrected chi connectivity index (χ1v) is 12.7. The molecular weight excluding hydrogens is 468 g/mol. The molecule has 34 heavy (non-hydrogen) atoms. The van der Waals surface area contributed by atoms with Crippen LogP contribution < -0.4 is 9.62 Å². The summed E-state index contributed by atoms with van der Waals surface area (Å²) in [4.78, 5) is 12.8. The van der Waals surface area contributed by atoms with Gasteiger partial charge >= 0.3 is 0 Å². The number of sulfonamides is 1. The van der Waals surface area contributed by atoms with E-state index < -0.39 is 15.9 Å². The zero-order chi connectivity index (χ0) is 24.0. The Morgan fingerprint density at radius 2 is 1.68 bits per heavy atom. The van der Waals surface area contributed by atoms with Crippen LogP contribution in [0.4, 0.5) is 10.8 Å². The largest absolute Gasteiger partial charge is 0.296 e. The quantitative estimate of drug-likeness (QED) is 0.342. The van der Waals surface area contributed by atoms with E-state index in [4.69, 9.17) is 0 Å². The van der Waals surface area contributed by atoms with Crippen molar-refractivity contribution in [1.29, 1.82) is 0 Å². The molecule has 4 rings (SSSR count). The van der Waals surface area contributed by atoms with Crippen molar-refractivity contribution in [2.75, 3.05) is 16.2 Å². The number of para-hydroxylation sites is 1. The Kier molecular flexibility index (Phi) is 7.15. The van der Waals surface area contributed by atoms with Crippen molar-refractivity contribution in [2.24, 2.45) is 0 Å². The molecule has 4 aromatic rings. The standard InChI is InChI=1S/C25H22N4O3S2/c1-2-16-29(21-13-7-4-8-14-21)34(31,32)22-15-9-12-20(18-22)24(30)26-25-28-27-23(33-25)17-19-10-5-3-6-11-19/h2-15,18H,1,16-17H2,(H,26,28,30). The summed E-state index contributed by atoms with van der Waals surface area (Å²) in [6.07, 6.45) is 2.13. The van der Waals surface area contributed by atoms with Crippen LogP contribution in [0.2, 0.25) is 0 Å². The molecule has 172 valence electrons. The van der Waals surface area contributed by atoms with Gasteiger partial charge in [-0.2, -0.15) is 0 Å². The minimum absolute atomic E-state index is 0.00730. The van der Waals surface area contributed by atoms with Crippen molar-refractivity contribution in [2.45, 2.75) is 11.3 Å². The van der Waals surface area contributed by atoms with Gasteiger partial charge in [-0.05, 0) is 35.9 Å². The Hall–Kier alpha value is -3.82. The Balaban J connectivity index is 1.53. The molecule has 0 atom stereocenters. The lowest BCUT2D eigenvalue weighted by Crippen LogP contribution is -2.31. The van der Waals surface area contributed by atoms with Crippen molar-refractivity contribution in [3.8, 4) is 0 Å². The van der Waals surface area contributed by atoms with E-state index in [0.717, 1.165) is 10.6 Å². The molecule has 0 saturated carbocycles. The van der Waals surface area contributed by atoms with E-state index in [0.29, 0.717) is 17.2 Å². The van der Waals surface area contributed by atoms with Crippen LogP contribution in [-0.4, -0.2) is 31.1 Å². The summed E-state index contributed by atoms with van der Waals surface area (Å²) in [6.45, 7) is 3.77. The van der Waals surface area contributed by atoms with Gasteiger partial charge in [0.05, 0.1) is 17.1 Å². The molecule has 0 aliphatic rings. The Labute approximate surface area is 202 Å². The first kappa shape index (κ1) is 23.3. The SMILES string of the molecule is C=CCN(c1ccccc1)S(=O)(=O)c1cccc(C(=O)Nc2nnc(Cc3ccccc3)s2)c1. The molecule has 0 unspecified atom stereocenters. The topological polar surface area (TPSA) is 92.3 Å². The van der Waals surface area contributed by atoms with E-state index in [9.17, 15) is 13.2 Å². The van der Waals surface area contributed by atoms with Gasteiger partial charge in [-0.15, -0.1) is 16.8 Å². The van der Waals surface area contributed by atoms with Gasteiger partial charge in [-0.3, -0.25) is 14.4 Å². The summed E-state index contributed by atoms with van der Waals surface area (Å²) in [5.74, 6) is -0.463. The number of anilines is 2. The molecule has 0 fully saturated rings. The van der Waals surface area contributed by atoms with E-state index >= 15 is 0 Å². The summed E-state index contributed by atoms with van der Waals surface area (Å²) in [7, 11) is -3.92. The van der Waals surface area contributed by atoms with E-state index in [1.807, 2.05) is 36.4 Å². The Morgan fingerprint density at radius 1 is 0.971 bits per heavy atom. The zero-order valence-electron chi connectivity index (χ0n) is 18.2. The summed E-state index contributed by atoms with van der Waals surface area (Å²) < 4.78 is 28.0. The molecule has 1 heterocycles. The van der Waals surface area contributed by atoms with Gasteiger partial charge in [0, 0.05) is 12.0 Å². The van der Waals surface area contributed by atoms with E-state index in [1.54, 1.807) is 36.4 Å². The molecule has 0 bridgehead atoms. The van der Waals surface area contributed by atoms with Gasteiger partial charge in [-0.1, -0.05) is 72.0 Å². The molecule has 0 radical (unpaired) electrons. The van der Waals surface area contributed by atoms with Gasteiger partial charge in [0.1, 0.15) is 5.01 Å². The van der Waals surface area contributed by atoms with Crippen molar-refractivity contribution >= 4 is 38.1 Å². The van der Waals surface area contributed by atoms with Crippen molar-refractivity contribution in [1.82, 2.24) is 10.2 Å². The number of hydrogen-bond acceptors (Lipinski definition) is 6. The highest BCUT2D eigenvalue weighted by atomic mass is 32.2. The molecule has 9 heteroatoms. The van der Waals surface area contributed by atoms with Crippen LogP contribution >= 0.6 is 11.3 Å². The Morgan fingerprint density at radius 3 is 2.38 bits per heavy atom. The average Bonchev–Trinajstić information content (AvgIpc) is 3.30. The van der Waals surface area contributed by atoms with Crippen LogP contribution in [0.25, 0.3) is 0 Å². The number of amides is 1. The first-order chi connectivity index (χ1) is 16.5. The molecule has 0 spiro atoms. The number of carbonyl (C=O) groups excluding carboxylic acids is 1. The zero-order valence-corrected chi connectivity index (χ0v) is 19.8. The predicted molar refractivity (Wildman–Crippen MR) is 135 cm³/mol. The summed E-state index contributed by atoms with van der Waals surface area (Å²) >= 11 is 1.28. The maximum atomic E-state index is 13.4. The average molecular weight is 491 g/mol. The van der Waals surface area contributed by atoms with Crippen LogP contribution in [0, 0.1) is 0 Å². The molecule has 0 saturated heterocycles.